The number of rotatable bonds is 4. The average molecular weight is 234 g/mol. The first-order chi connectivity index (χ1) is 6.75. The molecule has 1 amide bonds. The molecule has 0 spiro atoms. The Morgan fingerprint density at radius 3 is 2.33 bits per heavy atom. The zero-order valence-electron chi connectivity index (χ0n) is 9.12. The third-order valence-corrected chi connectivity index (χ3v) is 4.49. The molecule has 0 unspecified atom stereocenters. The van der Waals surface area contributed by atoms with E-state index in [2.05, 4.69) is 0 Å². The van der Waals surface area contributed by atoms with E-state index < -0.39 is 26.7 Å². The molecule has 5 nitrogen and oxygen atoms in total. The zero-order valence-corrected chi connectivity index (χ0v) is 9.93. The number of sulfonamides is 1. The number of nitrogens with one attached hydrogen (secondary N) is 1. The van der Waals surface area contributed by atoms with Crippen LogP contribution in [0.4, 0.5) is 0 Å². The third-order valence-electron chi connectivity index (χ3n) is 2.74. The number of hydrogen-bond acceptors (Lipinski definition) is 4. The molecule has 0 aromatic heterocycles. The fraction of sp³-hybridized carbons (Fsp3) is 0.889. The van der Waals surface area contributed by atoms with Crippen LogP contribution in [0.2, 0.25) is 0 Å². The molecule has 1 aliphatic rings. The van der Waals surface area contributed by atoms with Gasteiger partial charge in [0.25, 0.3) is 0 Å². The Kier molecular flexibility index (Phi) is 3.40. The molecule has 15 heavy (non-hydrogen) atoms. The van der Waals surface area contributed by atoms with Gasteiger partial charge in [-0.15, -0.1) is 0 Å². The molecule has 0 heterocycles. The molecule has 0 radical (unpaired) electrons. The van der Waals surface area contributed by atoms with Crippen molar-refractivity contribution in [3.8, 4) is 0 Å². The summed E-state index contributed by atoms with van der Waals surface area (Å²) < 4.78 is 24.8. The van der Waals surface area contributed by atoms with Gasteiger partial charge in [-0.25, -0.2) is 8.42 Å². The molecular weight excluding hydrogens is 216 g/mol. The summed E-state index contributed by atoms with van der Waals surface area (Å²) in [6, 6.07) is 0. The number of nitrogens with two attached hydrogens (primary N) is 1. The minimum atomic E-state index is -3.51. The lowest BCUT2D eigenvalue weighted by atomic mass is 9.75. The van der Waals surface area contributed by atoms with Crippen molar-refractivity contribution in [2.24, 2.45) is 5.73 Å². The minimum Gasteiger partial charge on any atom is -0.325 e. The Bertz CT molecular complexity index is 344. The van der Waals surface area contributed by atoms with Crippen LogP contribution in [0.15, 0.2) is 0 Å². The predicted molar refractivity (Wildman–Crippen MR) is 57.6 cm³/mol. The highest BCUT2D eigenvalue weighted by molar-refractivity contribution is 7.90. The fourth-order valence-corrected chi connectivity index (χ4v) is 2.07. The van der Waals surface area contributed by atoms with Crippen molar-refractivity contribution in [1.29, 1.82) is 0 Å². The van der Waals surface area contributed by atoms with Crippen LogP contribution in [-0.4, -0.2) is 25.1 Å². The summed E-state index contributed by atoms with van der Waals surface area (Å²) in [5.74, 6) is -0.495. The molecule has 0 saturated heterocycles. The summed E-state index contributed by atoms with van der Waals surface area (Å²) in [5, 5.41) is -0.600. The first-order valence-corrected chi connectivity index (χ1v) is 6.63. The molecule has 1 aliphatic carbocycles. The largest absolute Gasteiger partial charge is 0.325 e. The van der Waals surface area contributed by atoms with E-state index in [0.29, 0.717) is 0 Å². The molecular formula is C9H18N2O3S. The van der Waals surface area contributed by atoms with E-state index >= 15 is 0 Å². The Balaban J connectivity index is 2.49. The number of carbonyl (C=O) groups excluding carboxylic acids is 1. The van der Waals surface area contributed by atoms with Crippen LogP contribution in [0.3, 0.4) is 0 Å². The van der Waals surface area contributed by atoms with Gasteiger partial charge in [0.1, 0.15) is 0 Å². The van der Waals surface area contributed by atoms with E-state index in [-0.39, 0.29) is 6.42 Å². The van der Waals surface area contributed by atoms with Crippen LogP contribution in [0.1, 0.15) is 39.5 Å². The van der Waals surface area contributed by atoms with E-state index in [1.807, 2.05) is 4.72 Å². The molecule has 88 valence electrons. The summed E-state index contributed by atoms with van der Waals surface area (Å²) in [6.07, 6.45) is 2.70. The molecule has 1 saturated carbocycles. The van der Waals surface area contributed by atoms with Gasteiger partial charge in [0.15, 0.2) is 0 Å². The summed E-state index contributed by atoms with van der Waals surface area (Å²) >= 11 is 0. The second-order valence-electron chi connectivity index (χ2n) is 4.51. The second kappa shape index (κ2) is 4.09. The maximum Gasteiger partial charge on any atom is 0.237 e. The zero-order chi connectivity index (χ0) is 11.7. The summed E-state index contributed by atoms with van der Waals surface area (Å²) in [7, 11) is -3.51. The highest BCUT2D eigenvalue weighted by atomic mass is 32.2. The number of carbonyl (C=O) groups is 1. The monoisotopic (exact) mass is 234 g/mol. The van der Waals surface area contributed by atoms with Crippen molar-refractivity contribution >= 4 is 15.9 Å². The van der Waals surface area contributed by atoms with E-state index in [1.54, 1.807) is 0 Å². The van der Waals surface area contributed by atoms with E-state index in [1.165, 1.54) is 13.8 Å². The topological polar surface area (TPSA) is 89.3 Å². The first kappa shape index (κ1) is 12.4. The van der Waals surface area contributed by atoms with Gasteiger partial charge >= 0.3 is 0 Å². The highest BCUT2D eigenvalue weighted by Crippen LogP contribution is 2.31. The predicted octanol–water partition coefficient (Wildman–Crippen LogP) is 0.112. The van der Waals surface area contributed by atoms with E-state index in [9.17, 15) is 13.2 Å². The maximum atomic E-state index is 11.4. The third kappa shape index (κ3) is 3.17. The minimum absolute atomic E-state index is 0.0962. The van der Waals surface area contributed by atoms with E-state index in [0.717, 1.165) is 19.3 Å². The van der Waals surface area contributed by atoms with Gasteiger partial charge in [0.05, 0.1) is 5.25 Å². The molecule has 1 rings (SSSR count). The molecule has 0 bridgehead atoms. The maximum absolute atomic E-state index is 11.4. The van der Waals surface area contributed by atoms with Crippen LogP contribution >= 0.6 is 0 Å². The van der Waals surface area contributed by atoms with Gasteiger partial charge in [-0.1, -0.05) is 0 Å². The Labute approximate surface area is 90.5 Å². The van der Waals surface area contributed by atoms with Crippen molar-refractivity contribution in [3.63, 3.8) is 0 Å². The average Bonchev–Trinajstić information content (AvgIpc) is 1.99. The lowest BCUT2D eigenvalue weighted by Gasteiger charge is -2.37. The number of hydrogen-bond donors (Lipinski definition) is 2. The van der Waals surface area contributed by atoms with Crippen molar-refractivity contribution < 1.29 is 13.2 Å². The molecule has 0 aliphatic heterocycles. The first-order valence-electron chi connectivity index (χ1n) is 5.08. The van der Waals surface area contributed by atoms with Crippen molar-refractivity contribution in [2.75, 3.05) is 0 Å². The van der Waals surface area contributed by atoms with Gasteiger partial charge in [0.2, 0.25) is 15.9 Å². The lowest BCUT2D eigenvalue weighted by molar-refractivity contribution is -0.121. The van der Waals surface area contributed by atoms with Crippen LogP contribution in [0.5, 0.6) is 0 Å². The standard InChI is InChI=1S/C9H18N2O3S/c1-7(2)15(13,14)11-8(12)6-9(10)4-3-5-9/h7H,3-6,10H2,1-2H3,(H,11,12). The molecule has 0 aromatic rings. The molecule has 1 fully saturated rings. The molecule has 6 heteroatoms. The van der Waals surface area contributed by atoms with Gasteiger partial charge in [0, 0.05) is 12.0 Å². The molecule has 0 atom stereocenters. The molecule has 3 N–H and O–H groups in total. The lowest BCUT2D eigenvalue weighted by Crippen LogP contribution is -2.51. The second-order valence-corrected chi connectivity index (χ2v) is 6.75. The van der Waals surface area contributed by atoms with Crippen molar-refractivity contribution in [2.45, 2.75) is 50.3 Å². The van der Waals surface area contributed by atoms with Crippen LogP contribution in [0.25, 0.3) is 0 Å². The van der Waals surface area contributed by atoms with E-state index in [4.69, 9.17) is 5.73 Å². The van der Waals surface area contributed by atoms with Crippen LogP contribution in [-0.2, 0) is 14.8 Å². The normalized spacial score (nSPS) is 19.7. The van der Waals surface area contributed by atoms with Gasteiger partial charge in [-0.2, -0.15) is 0 Å². The van der Waals surface area contributed by atoms with Crippen molar-refractivity contribution in [3.05, 3.63) is 0 Å². The summed E-state index contributed by atoms with van der Waals surface area (Å²) in [4.78, 5) is 11.4. The van der Waals surface area contributed by atoms with Crippen LogP contribution in [0, 0.1) is 0 Å². The smallest absolute Gasteiger partial charge is 0.237 e. The highest BCUT2D eigenvalue weighted by Gasteiger charge is 2.35. The van der Waals surface area contributed by atoms with Gasteiger partial charge in [-0.3, -0.25) is 9.52 Å². The Hall–Kier alpha value is -0.620. The molecule has 0 aromatic carbocycles. The summed E-state index contributed by atoms with van der Waals surface area (Å²) in [5.41, 5.74) is 5.37. The fourth-order valence-electron chi connectivity index (χ4n) is 1.44. The summed E-state index contributed by atoms with van der Waals surface area (Å²) in [6.45, 7) is 3.05. The Morgan fingerprint density at radius 2 is 2.00 bits per heavy atom. The van der Waals surface area contributed by atoms with Gasteiger partial charge < -0.3 is 5.73 Å². The number of amides is 1. The van der Waals surface area contributed by atoms with Crippen molar-refractivity contribution in [1.82, 2.24) is 4.72 Å². The quantitative estimate of drug-likeness (QED) is 0.722. The van der Waals surface area contributed by atoms with Gasteiger partial charge in [-0.05, 0) is 33.1 Å². The van der Waals surface area contributed by atoms with Crippen LogP contribution < -0.4 is 10.5 Å². The SMILES string of the molecule is CC(C)S(=O)(=O)NC(=O)CC1(N)CCC1. The Morgan fingerprint density at radius 1 is 1.47 bits per heavy atom.